The monoisotopic (exact) mass is 475 g/mol. The van der Waals surface area contributed by atoms with E-state index in [1.54, 1.807) is 16.8 Å². The third-order valence-electron chi connectivity index (χ3n) is 5.34. The van der Waals surface area contributed by atoms with Crippen LogP contribution < -0.4 is 0 Å². The Hall–Kier alpha value is -3.52. The molecule has 1 N–H and O–H groups in total. The van der Waals surface area contributed by atoms with Crippen LogP contribution >= 0.6 is 15.9 Å². The summed E-state index contributed by atoms with van der Waals surface area (Å²) in [6, 6.07) is 22.0. The second kappa shape index (κ2) is 7.96. The third kappa shape index (κ3) is 3.70. The zero-order valence-corrected chi connectivity index (χ0v) is 18.0. The molecule has 0 fully saturated rings. The van der Waals surface area contributed by atoms with Crippen LogP contribution in [-0.2, 0) is 11.3 Å². The van der Waals surface area contributed by atoms with Gasteiger partial charge in [-0.3, -0.25) is 4.79 Å². The Bertz CT molecular complexity index is 1300. The van der Waals surface area contributed by atoms with Gasteiger partial charge in [0.15, 0.2) is 0 Å². The highest BCUT2D eigenvalue weighted by molar-refractivity contribution is 9.10. The first-order chi connectivity index (χ1) is 15.1. The normalized spacial score (nSPS) is 16.0. The minimum Gasteiger partial charge on any atom is -0.508 e. The molecule has 1 unspecified atom stereocenters. The van der Waals surface area contributed by atoms with Crippen molar-refractivity contribution in [1.82, 2.24) is 20.0 Å². The second-order valence-corrected chi connectivity index (χ2v) is 8.22. The van der Waals surface area contributed by atoms with E-state index in [-0.39, 0.29) is 18.2 Å². The maximum Gasteiger partial charge on any atom is 0.265 e. The Morgan fingerprint density at radius 1 is 1.03 bits per heavy atom. The molecule has 1 amide bonds. The molecule has 0 radical (unpaired) electrons. The van der Waals surface area contributed by atoms with Crippen LogP contribution in [0.1, 0.15) is 23.6 Å². The number of benzene rings is 3. The number of hydrogen-bond donors (Lipinski definition) is 1. The number of hydrogen-bond acceptors (Lipinski definition) is 5. The molecular formula is C23H18BrN5O2. The van der Waals surface area contributed by atoms with Crippen molar-refractivity contribution in [3.63, 3.8) is 0 Å². The highest BCUT2D eigenvalue weighted by Crippen LogP contribution is 2.37. The average Bonchev–Trinajstić information content (AvgIpc) is 3.40. The lowest BCUT2D eigenvalue weighted by atomic mass is 9.98. The molecule has 3 aromatic carbocycles. The van der Waals surface area contributed by atoms with Crippen molar-refractivity contribution in [2.75, 3.05) is 0 Å². The lowest BCUT2D eigenvalue weighted by Gasteiger charge is -2.22. The Morgan fingerprint density at radius 2 is 1.77 bits per heavy atom. The van der Waals surface area contributed by atoms with E-state index in [1.165, 1.54) is 5.01 Å². The summed E-state index contributed by atoms with van der Waals surface area (Å²) in [4.78, 5) is 13.3. The van der Waals surface area contributed by atoms with Crippen molar-refractivity contribution in [3.8, 4) is 5.75 Å². The lowest BCUT2D eigenvalue weighted by molar-refractivity contribution is -0.133. The van der Waals surface area contributed by atoms with E-state index in [9.17, 15) is 9.90 Å². The molecule has 1 atom stereocenters. The van der Waals surface area contributed by atoms with E-state index in [0.717, 1.165) is 26.8 Å². The highest BCUT2D eigenvalue weighted by Gasteiger charge is 2.34. The van der Waals surface area contributed by atoms with Crippen LogP contribution in [-0.4, -0.2) is 36.7 Å². The van der Waals surface area contributed by atoms with Crippen LogP contribution in [0.4, 0.5) is 0 Å². The topological polar surface area (TPSA) is 83.6 Å². The summed E-state index contributed by atoms with van der Waals surface area (Å²) in [5.41, 5.74) is 3.90. The van der Waals surface area contributed by atoms with Gasteiger partial charge in [0.25, 0.3) is 5.91 Å². The molecule has 5 rings (SSSR count). The Morgan fingerprint density at radius 3 is 2.58 bits per heavy atom. The van der Waals surface area contributed by atoms with Crippen molar-refractivity contribution < 1.29 is 9.90 Å². The number of fused-ring (bicyclic) bond motifs is 1. The van der Waals surface area contributed by atoms with E-state index < -0.39 is 6.04 Å². The summed E-state index contributed by atoms with van der Waals surface area (Å²) >= 11 is 3.45. The molecule has 7 nitrogen and oxygen atoms in total. The van der Waals surface area contributed by atoms with E-state index in [2.05, 4.69) is 31.3 Å². The molecular weight excluding hydrogens is 458 g/mol. The number of hydrazone groups is 1. The smallest absolute Gasteiger partial charge is 0.265 e. The van der Waals surface area contributed by atoms with E-state index >= 15 is 0 Å². The minimum absolute atomic E-state index is 0.00171. The summed E-state index contributed by atoms with van der Waals surface area (Å²) in [7, 11) is 0. The molecule has 2 heterocycles. The second-order valence-electron chi connectivity index (χ2n) is 7.31. The van der Waals surface area contributed by atoms with E-state index in [4.69, 9.17) is 0 Å². The number of rotatable bonds is 4. The van der Waals surface area contributed by atoms with Gasteiger partial charge in [0, 0.05) is 16.5 Å². The third-order valence-corrected chi connectivity index (χ3v) is 5.87. The zero-order chi connectivity index (χ0) is 21.4. The number of halogens is 1. The van der Waals surface area contributed by atoms with Gasteiger partial charge in [-0.05, 0) is 35.9 Å². The zero-order valence-electron chi connectivity index (χ0n) is 16.4. The summed E-state index contributed by atoms with van der Waals surface area (Å²) in [6.45, 7) is 0.00171. The fourth-order valence-corrected chi connectivity index (χ4v) is 4.07. The maximum atomic E-state index is 13.3. The molecule has 4 aromatic rings. The summed E-state index contributed by atoms with van der Waals surface area (Å²) in [6.07, 6.45) is 0.503. The molecule has 0 aliphatic carbocycles. The molecule has 0 saturated carbocycles. The van der Waals surface area contributed by atoms with Gasteiger partial charge in [0.05, 0.1) is 17.3 Å². The van der Waals surface area contributed by atoms with Crippen LogP contribution in [0.2, 0.25) is 0 Å². The largest absolute Gasteiger partial charge is 0.508 e. The molecule has 1 aliphatic rings. The predicted molar refractivity (Wildman–Crippen MR) is 121 cm³/mol. The van der Waals surface area contributed by atoms with Gasteiger partial charge in [-0.15, -0.1) is 5.10 Å². The number of aromatic hydroxyl groups is 1. The first-order valence-corrected chi connectivity index (χ1v) is 10.6. The van der Waals surface area contributed by atoms with Gasteiger partial charge >= 0.3 is 0 Å². The average molecular weight is 476 g/mol. The standard InChI is InChI=1S/C23H18BrN5O2/c24-16-11-9-15(10-12-16)19-13-21(17-5-1-4-8-22(17)30)29(26-19)23(31)14-28-20-7-3-2-6-18(20)25-27-28/h1-12,21,30H,13-14H2. The highest BCUT2D eigenvalue weighted by atomic mass is 79.9. The van der Waals surface area contributed by atoms with Crippen molar-refractivity contribution >= 4 is 38.6 Å². The molecule has 0 spiro atoms. The van der Waals surface area contributed by atoms with E-state index in [0.29, 0.717) is 12.0 Å². The molecule has 1 aliphatic heterocycles. The molecule has 154 valence electrons. The quantitative estimate of drug-likeness (QED) is 0.477. The van der Waals surface area contributed by atoms with Crippen LogP contribution in [0.3, 0.4) is 0 Å². The van der Waals surface area contributed by atoms with Gasteiger partial charge in [0.2, 0.25) is 0 Å². The SMILES string of the molecule is O=C(Cn1nnc2ccccc21)N1N=C(c2ccc(Br)cc2)CC1c1ccccc1O. The van der Waals surface area contributed by atoms with Gasteiger partial charge in [-0.2, -0.15) is 5.10 Å². The number of phenols is 1. The van der Waals surface area contributed by atoms with Crippen molar-refractivity contribution in [2.24, 2.45) is 5.10 Å². The van der Waals surface area contributed by atoms with Gasteiger partial charge in [-0.1, -0.05) is 63.6 Å². The fraction of sp³-hybridized carbons (Fsp3) is 0.130. The number of nitrogens with zero attached hydrogens (tertiary/aromatic N) is 5. The first-order valence-electron chi connectivity index (χ1n) is 9.82. The fourth-order valence-electron chi connectivity index (χ4n) is 3.80. The predicted octanol–water partition coefficient (Wildman–Crippen LogP) is 4.28. The van der Waals surface area contributed by atoms with E-state index in [1.807, 2.05) is 60.7 Å². The number of phenolic OH excluding ortho intramolecular Hbond substituents is 1. The van der Waals surface area contributed by atoms with Gasteiger partial charge < -0.3 is 5.11 Å². The Kier molecular flexibility index (Phi) is 4.99. The number of para-hydroxylation sites is 2. The van der Waals surface area contributed by atoms with Crippen LogP contribution in [0, 0.1) is 0 Å². The number of amides is 1. The summed E-state index contributed by atoms with van der Waals surface area (Å²) in [5.74, 6) is -0.0835. The number of aromatic nitrogens is 3. The first kappa shape index (κ1) is 19.4. The Balaban J connectivity index is 1.50. The lowest BCUT2D eigenvalue weighted by Crippen LogP contribution is -2.30. The molecule has 0 saturated heterocycles. The molecule has 0 bridgehead atoms. The van der Waals surface area contributed by atoms with Crippen LogP contribution in [0.15, 0.2) is 82.4 Å². The minimum atomic E-state index is -0.401. The van der Waals surface area contributed by atoms with Gasteiger partial charge in [0.1, 0.15) is 17.8 Å². The van der Waals surface area contributed by atoms with Crippen molar-refractivity contribution in [2.45, 2.75) is 19.0 Å². The molecule has 1 aromatic heterocycles. The van der Waals surface area contributed by atoms with Crippen molar-refractivity contribution in [1.29, 1.82) is 0 Å². The number of carbonyl (C=O) groups excluding carboxylic acids is 1. The molecule has 31 heavy (non-hydrogen) atoms. The van der Waals surface area contributed by atoms with Crippen LogP contribution in [0.25, 0.3) is 11.0 Å². The molecule has 8 heteroatoms. The summed E-state index contributed by atoms with van der Waals surface area (Å²) in [5, 5.41) is 24.8. The number of carbonyl (C=O) groups is 1. The maximum absolute atomic E-state index is 13.3. The van der Waals surface area contributed by atoms with Gasteiger partial charge in [-0.25, -0.2) is 9.69 Å². The van der Waals surface area contributed by atoms with Crippen molar-refractivity contribution in [3.05, 3.63) is 88.4 Å². The summed E-state index contributed by atoms with van der Waals surface area (Å²) < 4.78 is 2.55. The Labute approximate surface area is 186 Å². The van der Waals surface area contributed by atoms with Crippen LogP contribution in [0.5, 0.6) is 5.75 Å².